The predicted octanol–water partition coefficient (Wildman–Crippen LogP) is 4.62. The minimum absolute atomic E-state index is 0.172. The van der Waals surface area contributed by atoms with Crippen LogP contribution >= 0.6 is 11.6 Å². The first-order valence-corrected chi connectivity index (χ1v) is 14.0. The highest BCUT2D eigenvalue weighted by Crippen LogP contribution is 2.44. The Balaban J connectivity index is 1.65. The second-order valence-corrected chi connectivity index (χ2v) is 10.7. The molecule has 0 aliphatic carbocycles. The summed E-state index contributed by atoms with van der Waals surface area (Å²) in [6, 6.07) is 5.87. The van der Waals surface area contributed by atoms with Gasteiger partial charge in [0, 0.05) is 48.2 Å². The average Bonchev–Trinajstić information content (AvgIpc) is 3.69. The molecule has 0 bridgehead atoms. The number of carbonyl (C=O) groups is 2. The van der Waals surface area contributed by atoms with Crippen LogP contribution in [-0.2, 0) is 9.53 Å². The number of nitrogens with zero attached hydrogens (tertiary/aromatic N) is 7. The number of rotatable bonds is 9. The maximum atomic E-state index is 12.7. The van der Waals surface area contributed by atoms with Gasteiger partial charge < -0.3 is 20.1 Å². The largest absolute Gasteiger partial charge is 0.490 e. The van der Waals surface area contributed by atoms with E-state index in [2.05, 4.69) is 29.9 Å². The molecule has 1 atom stereocenters. The van der Waals surface area contributed by atoms with Crippen molar-refractivity contribution in [1.29, 1.82) is 0 Å². The van der Waals surface area contributed by atoms with Gasteiger partial charge in [0.05, 0.1) is 11.4 Å². The monoisotopic (exact) mass is 657 g/mol. The summed E-state index contributed by atoms with van der Waals surface area (Å²) < 4.78 is 50.2. The summed E-state index contributed by atoms with van der Waals surface area (Å²) in [5.41, 5.74) is 9.65. The van der Waals surface area contributed by atoms with E-state index in [9.17, 15) is 22.8 Å². The van der Waals surface area contributed by atoms with Crippen molar-refractivity contribution >= 4 is 40.3 Å². The van der Waals surface area contributed by atoms with Crippen LogP contribution in [0.1, 0.15) is 34.6 Å². The van der Waals surface area contributed by atoms with Crippen LogP contribution in [0.25, 0.3) is 33.5 Å². The number of fused-ring (bicyclic) bond motifs is 1. The Morgan fingerprint density at radius 1 is 1.15 bits per heavy atom. The number of hydrogen-bond acceptors (Lipinski definition) is 10. The molecule has 3 N–H and O–H groups in total. The van der Waals surface area contributed by atoms with E-state index in [4.69, 9.17) is 27.2 Å². The number of anilines is 1. The maximum Gasteiger partial charge on any atom is 0.490 e. The zero-order chi connectivity index (χ0) is 33.3. The molecule has 13 nitrogen and oxygen atoms in total. The topological polar surface area (TPSA) is 167 Å². The Labute approximate surface area is 264 Å². The lowest BCUT2D eigenvalue weighted by Crippen LogP contribution is -2.27. The van der Waals surface area contributed by atoms with Gasteiger partial charge in [0.2, 0.25) is 0 Å². The van der Waals surface area contributed by atoms with Crippen molar-refractivity contribution in [2.75, 3.05) is 33.0 Å². The smallest absolute Gasteiger partial charge is 0.489 e. The number of esters is 1. The molecule has 5 aromatic rings. The third kappa shape index (κ3) is 6.15. The lowest BCUT2D eigenvalue weighted by molar-refractivity contribution is -0.200. The van der Waals surface area contributed by atoms with Crippen molar-refractivity contribution in [3.8, 4) is 28.3 Å². The van der Waals surface area contributed by atoms with Crippen LogP contribution in [-0.4, -0.2) is 85.2 Å². The molecule has 0 saturated heterocycles. The van der Waals surface area contributed by atoms with Gasteiger partial charge in [0.15, 0.2) is 5.65 Å². The van der Waals surface area contributed by atoms with Crippen molar-refractivity contribution in [1.82, 2.24) is 39.8 Å². The number of hydrogen-bond donors (Lipinski definition) is 2. The Morgan fingerprint density at radius 2 is 1.91 bits per heavy atom. The molecular weight excluding hydrogens is 631 g/mol. The summed E-state index contributed by atoms with van der Waals surface area (Å²) in [5, 5.41) is 12.5. The molecule has 5 rings (SSSR count). The molecule has 0 saturated carbocycles. The van der Waals surface area contributed by atoms with E-state index in [1.165, 1.54) is 23.5 Å². The molecule has 0 fully saturated rings. The zero-order valence-electron chi connectivity index (χ0n) is 24.9. The van der Waals surface area contributed by atoms with E-state index < -0.39 is 31.4 Å². The molecule has 4 heterocycles. The quantitative estimate of drug-likeness (QED) is 0.169. The number of halogens is 4. The van der Waals surface area contributed by atoms with Crippen LogP contribution in [0.15, 0.2) is 43.0 Å². The van der Waals surface area contributed by atoms with Crippen LogP contribution in [0.2, 0.25) is 5.02 Å². The Morgan fingerprint density at radius 3 is 2.54 bits per heavy atom. The van der Waals surface area contributed by atoms with Gasteiger partial charge in [0.25, 0.3) is 5.91 Å². The molecule has 1 amide bonds. The second-order valence-electron chi connectivity index (χ2n) is 10.3. The number of ether oxygens (including phenoxy) is 2. The molecule has 4 aromatic heterocycles. The third-order valence-electron chi connectivity index (χ3n) is 7.05. The highest BCUT2D eigenvalue weighted by atomic mass is 35.5. The molecule has 240 valence electrons. The predicted molar refractivity (Wildman–Crippen MR) is 161 cm³/mol. The van der Waals surface area contributed by atoms with Crippen LogP contribution < -0.4 is 10.5 Å². The number of nitrogen functional groups attached to an aromatic ring is 1. The fourth-order valence-corrected chi connectivity index (χ4v) is 5.00. The molecule has 0 spiro atoms. The molecule has 0 aliphatic rings. The normalized spacial score (nSPS) is 12.3. The molecule has 1 unspecified atom stereocenters. The van der Waals surface area contributed by atoms with Crippen molar-refractivity contribution in [2.45, 2.75) is 26.1 Å². The van der Waals surface area contributed by atoms with E-state index in [0.29, 0.717) is 49.7 Å². The molecule has 0 aliphatic heterocycles. The minimum atomic E-state index is -5.16. The van der Waals surface area contributed by atoms with Gasteiger partial charge in [-0.25, -0.2) is 19.4 Å². The summed E-state index contributed by atoms with van der Waals surface area (Å²) in [6.07, 6.45) is -0.777. The van der Waals surface area contributed by atoms with E-state index in [-0.39, 0.29) is 23.2 Å². The van der Waals surface area contributed by atoms with Crippen LogP contribution in [0.5, 0.6) is 5.75 Å². The highest BCUT2D eigenvalue weighted by Gasteiger charge is 2.41. The molecule has 17 heteroatoms. The number of pyridine rings is 1. The first kappa shape index (κ1) is 32.2. The van der Waals surface area contributed by atoms with Crippen molar-refractivity contribution in [2.24, 2.45) is 0 Å². The van der Waals surface area contributed by atoms with Crippen LogP contribution in [0.3, 0.4) is 0 Å². The SMILES string of the molecule is Cc1c(Cl)cc(C(C)n2nc(-c3cc[nH]n3)c3c(N)ncnc32)c(OCCOC(=O)C(F)(F)F)c1-c1ccc(C(=O)N(C)C)nc1. The van der Waals surface area contributed by atoms with Crippen molar-refractivity contribution < 1.29 is 32.2 Å². The summed E-state index contributed by atoms with van der Waals surface area (Å²) in [6.45, 7) is 2.39. The standard InChI is InChI=1S/C29H27ClF3N9O4/c1-14-18(30)11-17(15(2)42-26-22(25(34)36-13-37-26)23(40-42)19-7-8-38-39-19)24(45-9-10-46-28(44)29(31,32)33)21(14)16-5-6-20(35-12-16)27(43)41(3)4/h5-8,11-13,15H,9-10H2,1-4H3,(H,38,39)(H2,34,36,37). The van der Waals surface area contributed by atoms with E-state index in [1.54, 1.807) is 57.0 Å². The number of nitrogens with two attached hydrogens (primary N) is 1. The molecule has 46 heavy (non-hydrogen) atoms. The number of aromatic nitrogens is 7. The first-order chi connectivity index (χ1) is 21.8. The maximum absolute atomic E-state index is 12.7. The van der Waals surface area contributed by atoms with E-state index in [1.807, 2.05) is 0 Å². The second kappa shape index (κ2) is 12.6. The van der Waals surface area contributed by atoms with Gasteiger partial charge >= 0.3 is 12.1 Å². The lowest BCUT2D eigenvalue weighted by Gasteiger charge is -2.23. The van der Waals surface area contributed by atoms with E-state index >= 15 is 0 Å². The molecule has 0 radical (unpaired) electrons. The number of nitrogens with one attached hydrogen (secondary N) is 1. The van der Waals surface area contributed by atoms with Gasteiger partial charge in [-0.1, -0.05) is 17.7 Å². The summed E-state index contributed by atoms with van der Waals surface area (Å²) in [4.78, 5) is 38.0. The first-order valence-electron chi connectivity index (χ1n) is 13.7. The lowest BCUT2D eigenvalue weighted by atomic mass is 9.94. The van der Waals surface area contributed by atoms with Gasteiger partial charge in [-0.3, -0.25) is 14.9 Å². The third-order valence-corrected chi connectivity index (χ3v) is 7.45. The number of H-pyrrole nitrogens is 1. The van der Waals surface area contributed by atoms with Gasteiger partial charge in [-0.2, -0.15) is 23.4 Å². The fourth-order valence-electron chi connectivity index (χ4n) is 4.78. The molecule has 1 aromatic carbocycles. The van der Waals surface area contributed by atoms with Gasteiger partial charge in [-0.05, 0) is 37.6 Å². The number of carbonyl (C=O) groups excluding carboxylic acids is 2. The van der Waals surface area contributed by atoms with Crippen molar-refractivity contribution in [3.63, 3.8) is 0 Å². The Hall–Kier alpha value is -5.25. The van der Waals surface area contributed by atoms with E-state index in [0.717, 1.165) is 0 Å². The number of alkyl halides is 3. The number of amides is 1. The molecular formula is C29H27ClF3N9O4. The summed E-state index contributed by atoms with van der Waals surface area (Å²) >= 11 is 6.76. The van der Waals surface area contributed by atoms with Crippen LogP contribution in [0, 0.1) is 6.92 Å². The Kier molecular flexibility index (Phi) is 8.83. The highest BCUT2D eigenvalue weighted by molar-refractivity contribution is 6.32. The average molecular weight is 658 g/mol. The summed E-state index contributed by atoms with van der Waals surface area (Å²) in [5.74, 6) is -2.27. The fraction of sp³-hybridized carbons (Fsp3) is 0.276. The van der Waals surface area contributed by atoms with Crippen molar-refractivity contribution in [3.05, 3.63) is 64.8 Å². The van der Waals surface area contributed by atoms with Gasteiger partial charge in [-0.15, -0.1) is 0 Å². The Bertz CT molecular complexity index is 1910. The zero-order valence-corrected chi connectivity index (χ0v) is 25.6. The van der Waals surface area contributed by atoms with Crippen LogP contribution in [0.4, 0.5) is 19.0 Å². The number of benzene rings is 1. The number of aromatic amines is 1. The minimum Gasteiger partial charge on any atom is -0.489 e. The van der Waals surface area contributed by atoms with Gasteiger partial charge in [0.1, 0.15) is 48.2 Å². The summed E-state index contributed by atoms with van der Waals surface area (Å²) in [7, 11) is 3.19.